The Morgan fingerprint density at radius 2 is 2.27 bits per heavy atom. The van der Waals surface area contributed by atoms with Gasteiger partial charge in [-0.3, -0.25) is 0 Å². The molecule has 0 aromatic heterocycles. The van der Waals surface area contributed by atoms with Crippen molar-refractivity contribution in [2.75, 3.05) is 39.9 Å². The van der Waals surface area contributed by atoms with Crippen molar-refractivity contribution in [3.63, 3.8) is 0 Å². The predicted molar refractivity (Wildman–Crippen MR) is 64.2 cm³/mol. The lowest BCUT2D eigenvalue weighted by Crippen LogP contribution is -2.36. The van der Waals surface area contributed by atoms with Crippen molar-refractivity contribution < 1.29 is 4.74 Å². The van der Waals surface area contributed by atoms with Crippen LogP contribution in [-0.4, -0.2) is 50.8 Å². The Bertz CT molecular complexity index is 162. The van der Waals surface area contributed by atoms with Gasteiger partial charge in [0.15, 0.2) is 0 Å². The third-order valence-corrected chi connectivity index (χ3v) is 2.93. The summed E-state index contributed by atoms with van der Waals surface area (Å²) in [5.41, 5.74) is 0. The van der Waals surface area contributed by atoms with Gasteiger partial charge in [-0.15, -0.1) is 0 Å². The number of nitrogens with one attached hydrogen (secondary N) is 1. The second-order valence-electron chi connectivity index (χ2n) is 4.95. The normalized spacial score (nSPS) is 22.8. The first kappa shape index (κ1) is 12.9. The van der Waals surface area contributed by atoms with Gasteiger partial charge >= 0.3 is 0 Å². The first-order valence-electron chi connectivity index (χ1n) is 6.19. The van der Waals surface area contributed by atoms with Crippen molar-refractivity contribution in [1.29, 1.82) is 0 Å². The molecule has 15 heavy (non-hydrogen) atoms. The molecule has 1 aliphatic rings. The van der Waals surface area contributed by atoms with Gasteiger partial charge in [0.25, 0.3) is 0 Å². The zero-order chi connectivity index (χ0) is 11.1. The zero-order valence-electron chi connectivity index (χ0n) is 10.5. The third-order valence-electron chi connectivity index (χ3n) is 2.93. The van der Waals surface area contributed by atoms with Crippen molar-refractivity contribution in [3.8, 4) is 0 Å². The summed E-state index contributed by atoms with van der Waals surface area (Å²) < 4.78 is 5.51. The minimum atomic E-state index is 0.644. The quantitative estimate of drug-likeness (QED) is 0.647. The Balaban J connectivity index is 1.88. The molecule has 1 saturated heterocycles. The number of rotatable bonds is 7. The topological polar surface area (TPSA) is 24.5 Å². The van der Waals surface area contributed by atoms with E-state index in [0.717, 1.165) is 32.3 Å². The van der Waals surface area contributed by atoms with Crippen LogP contribution in [-0.2, 0) is 4.74 Å². The van der Waals surface area contributed by atoms with E-state index in [4.69, 9.17) is 4.74 Å². The van der Waals surface area contributed by atoms with Crippen molar-refractivity contribution in [2.45, 2.75) is 32.7 Å². The molecule has 0 bridgehead atoms. The lowest BCUT2D eigenvalue weighted by atomic mass is 10.2. The van der Waals surface area contributed by atoms with Crippen LogP contribution in [0, 0.1) is 5.92 Å². The maximum atomic E-state index is 5.51. The Kier molecular flexibility index (Phi) is 6.22. The zero-order valence-corrected chi connectivity index (χ0v) is 10.5. The van der Waals surface area contributed by atoms with Gasteiger partial charge in [0.05, 0.1) is 6.61 Å². The number of likely N-dealkylation sites (tertiary alicyclic amines) is 1. The van der Waals surface area contributed by atoms with E-state index < -0.39 is 0 Å². The van der Waals surface area contributed by atoms with Crippen LogP contribution in [0.3, 0.4) is 0 Å². The van der Waals surface area contributed by atoms with E-state index in [-0.39, 0.29) is 0 Å². The van der Waals surface area contributed by atoms with Gasteiger partial charge in [0, 0.05) is 25.7 Å². The minimum Gasteiger partial charge on any atom is -0.380 e. The van der Waals surface area contributed by atoms with Crippen molar-refractivity contribution in [1.82, 2.24) is 10.2 Å². The van der Waals surface area contributed by atoms with Crippen LogP contribution in [0.25, 0.3) is 0 Å². The van der Waals surface area contributed by atoms with E-state index in [1.54, 1.807) is 0 Å². The number of likely N-dealkylation sites (N-methyl/N-ethyl adjacent to an activating group) is 1. The monoisotopic (exact) mass is 214 g/mol. The summed E-state index contributed by atoms with van der Waals surface area (Å²) in [5.74, 6) is 0.644. The summed E-state index contributed by atoms with van der Waals surface area (Å²) >= 11 is 0. The van der Waals surface area contributed by atoms with Gasteiger partial charge in [0.2, 0.25) is 0 Å². The molecular weight excluding hydrogens is 188 g/mol. The molecule has 1 N–H and O–H groups in total. The average Bonchev–Trinajstić information content (AvgIpc) is 2.57. The van der Waals surface area contributed by atoms with E-state index in [2.05, 4.69) is 31.1 Å². The van der Waals surface area contributed by atoms with Crippen LogP contribution >= 0.6 is 0 Å². The molecule has 1 rings (SSSR count). The number of nitrogens with zero attached hydrogens (tertiary/aromatic N) is 1. The Labute approximate surface area is 94.2 Å². The molecule has 0 amide bonds. The predicted octanol–water partition coefficient (Wildman–Crippen LogP) is 1.34. The minimum absolute atomic E-state index is 0.644. The smallest absolute Gasteiger partial charge is 0.0591 e. The molecule has 1 aliphatic heterocycles. The van der Waals surface area contributed by atoms with Crippen LogP contribution in [0.2, 0.25) is 0 Å². The second kappa shape index (κ2) is 7.20. The molecule has 0 spiro atoms. The first-order valence-corrected chi connectivity index (χ1v) is 6.19. The molecule has 1 heterocycles. The highest BCUT2D eigenvalue weighted by Crippen LogP contribution is 2.13. The molecule has 1 unspecified atom stereocenters. The largest absolute Gasteiger partial charge is 0.380 e. The number of ether oxygens (including phenoxy) is 1. The highest BCUT2D eigenvalue weighted by atomic mass is 16.5. The first-order chi connectivity index (χ1) is 7.20. The third kappa shape index (κ3) is 5.50. The SMILES string of the molecule is CC(C)COCCNCC1CCCN1C. The molecule has 3 nitrogen and oxygen atoms in total. The Morgan fingerprint density at radius 1 is 1.47 bits per heavy atom. The van der Waals surface area contributed by atoms with E-state index in [9.17, 15) is 0 Å². The highest BCUT2D eigenvalue weighted by Gasteiger charge is 2.19. The molecule has 0 radical (unpaired) electrons. The van der Waals surface area contributed by atoms with E-state index in [1.165, 1.54) is 19.4 Å². The summed E-state index contributed by atoms with van der Waals surface area (Å²) in [4.78, 5) is 2.45. The van der Waals surface area contributed by atoms with Crippen LogP contribution < -0.4 is 5.32 Å². The molecule has 0 aromatic rings. The molecule has 90 valence electrons. The van der Waals surface area contributed by atoms with Crippen LogP contribution in [0.1, 0.15) is 26.7 Å². The fraction of sp³-hybridized carbons (Fsp3) is 1.00. The molecule has 1 atom stereocenters. The summed E-state index contributed by atoms with van der Waals surface area (Å²) in [5, 5.41) is 3.46. The van der Waals surface area contributed by atoms with Gasteiger partial charge < -0.3 is 15.0 Å². The summed E-state index contributed by atoms with van der Waals surface area (Å²) in [6.07, 6.45) is 2.70. The lowest BCUT2D eigenvalue weighted by Gasteiger charge is -2.19. The highest BCUT2D eigenvalue weighted by molar-refractivity contribution is 4.77. The molecule has 0 aromatic carbocycles. The Hall–Kier alpha value is -0.120. The van der Waals surface area contributed by atoms with E-state index >= 15 is 0 Å². The van der Waals surface area contributed by atoms with Crippen molar-refractivity contribution in [3.05, 3.63) is 0 Å². The Morgan fingerprint density at radius 3 is 2.87 bits per heavy atom. The average molecular weight is 214 g/mol. The molecular formula is C12H26N2O. The summed E-state index contributed by atoms with van der Waals surface area (Å²) in [7, 11) is 2.22. The maximum absolute atomic E-state index is 5.51. The van der Waals surface area contributed by atoms with Gasteiger partial charge in [-0.1, -0.05) is 13.8 Å². The van der Waals surface area contributed by atoms with Crippen LogP contribution in [0.4, 0.5) is 0 Å². The fourth-order valence-electron chi connectivity index (χ4n) is 1.97. The van der Waals surface area contributed by atoms with Crippen molar-refractivity contribution >= 4 is 0 Å². The number of hydrogen-bond donors (Lipinski definition) is 1. The van der Waals surface area contributed by atoms with Gasteiger partial charge in [-0.25, -0.2) is 0 Å². The molecule has 1 fully saturated rings. The second-order valence-corrected chi connectivity index (χ2v) is 4.95. The van der Waals surface area contributed by atoms with Gasteiger partial charge in [-0.2, -0.15) is 0 Å². The molecule has 3 heteroatoms. The van der Waals surface area contributed by atoms with E-state index in [1.807, 2.05) is 0 Å². The van der Waals surface area contributed by atoms with Crippen LogP contribution in [0.5, 0.6) is 0 Å². The molecule has 0 saturated carbocycles. The maximum Gasteiger partial charge on any atom is 0.0591 e. The lowest BCUT2D eigenvalue weighted by molar-refractivity contribution is 0.111. The summed E-state index contributed by atoms with van der Waals surface area (Å²) in [6, 6.07) is 0.745. The standard InChI is InChI=1S/C12H26N2O/c1-11(2)10-15-8-6-13-9-12-5-4-7-14(12)3/h11-13H,4-10H2,1-3H3. The number of hydrogen-bond acceptors (Lipinski definition) is 3. The van der Waals surface area contributed by atoms with Crippen molar-refractivity contribution in [2.24, 2.45) is 5.92 Å². The summed E-state index contributed by atoms with van der Waals surface area (Å²) in [6.45, 7) is 9.44. The fourth-order valence-corrected chi connectivity index (χ4v) is 1.97. The van der Waals surface area contributed by atoms with Crippen LogP contribution in [0.15, 0.2) is 0 Å². The van der Waals surface area contributed by atoms with Gasteiger partial charge in [0.1, 0.15) is 0 Å². The molecule has 0 aliphatic carbocycles. The van der Waals surface area contributed by atoms with E-state index in [0.29, 0.717) is 5.92 Å². The van der Waals surface area contributed by atoms with Gasteiger partial charge in [-0.05, 0) is 32.4 Å².